The van der Waals surface area contributed by atoms with Gasteiger partial charge < -0.3 is 15.9 Å². The number of nitrogens with one attached hydrogen (secondary N) is 2. The summed E-state index contributed by atoms with van der Waals surface area (Å²) in [5, 5.41) is 15.3. The lowest BCUT2D eigenvalue weighted by Gasteiger charge is -2.08. The number of sulfonamides is 1. The molecule has 10 nitrogen and oxygen atoms in total. The molecule has 0 spiro atoms. The molecule has 0 fully saturated rings. The first kappa shape index (κ1) is 13.9. The van der Waals surface area contributed by atoms with Crippen LogP contribution in [-0.2, 0) is 17.1 Å². The molecular weight excluding hydrogens is 286 g/mol. The summed E-state index contributed by atoms with van der Waals surface area (Å²) in [7, 11) is -2.35. The number of oxime groups is 1. The third-order valence-corrected chi connectivity index (χ3v) is 3.77. The summed E-state index contributed by atoms with van der Waals surface area (Å²) in [4.78, 5) is 6.43. The van der Waals surface area contributed by atoms with E-state index in [9.17, 15) is 8.42 Å². The van der Waals surface area contributed by atoms with Crippen LogP contribution in [0, 0.1) is 6.92 Å². The number of hydrogen-bond acceptors (Lipinski definition) is 6. The summed E-state index contributed by atoms with van der Waals surface area (Å²) in [6.45, 7) is 1.63. The minimum Gasteiger partial charge on any atom is -0.409 e. The van der Waals surface area contributed by atoms with E-state index in [1.54, 1.807) is 6.92 Å². The number of aromatic nitrogens is 4. The van der Waals surface area contributed by atoms with Crippen molar-refractivity contribution in [1.29, 1.82) is 0 Å². The van der Waals surface area contributed by atoms with Crippen molar-refractivity contribution < 1.29 is 13.6 Å². The van der Waals surface area contributed by atoms with Crippen LogP contribution >= 0.6 is 0 Å². The molecule has 0 atom stereocenters. The summed E-state index contributed by atoms with van der Waals surface area (Å²) in [5.41, 5.74) is 5.62. The van der Waals surface area contributed by atoms with Crippen molar-refractivity contribution >= 4 is 21.7 Å². The average molecular weight is 299 g/mol. The Balaban J connectivity index is 2.42. The fraction of sp³-hybridized carbons (Fsp3) is 0.222. The zero-order chi connectivity index (χ0) is 14.9. The van der Waals surface area contributed by atoms with E-state index in [1.165, 1.54) is 24.1 Å². The SMILES string of the molecule is Cc1ncc(S(=O)(=O)Nc2c(C(N)=NO)cnn2C)[nH]1. The normalized spacial score (nSPS) is 12.6. The second kappa shape index (κ2) is 4.85. The van der Waals surface area contributed by atoms with Crippen molar-refractivity contribution in [3.63, 3.8) is 0 Å². The van der Waals surface area contributed by atoms with Crippen LogP contribution in [0.15, 0.2) is 22.6 Å². The van der Waals surface area contributed by atoms with Crippen molar-refractivity contribution in [2.45, 2.75) is 11.9 Å². The number of hydrogen-bond donors (Lipinski definition) is 4. The van der Waals surface area contributed by atoms with Crippen LogP contribution in [0.2, 0.25) is 0 Å². The smallest absolute Gasteiger partial charge is 0.280 e. The number of nitrogens with zero attached hydrogens (tertiary/aromatic N) is 4. The molecule has 2 aromatic heterocycles. The quantitative estimate of drug-likeness (QED) is 0.255. The van der Waals surface area contributed by atoms with E-state index in [0.717, 1.165) is 0 Å². The van der Waals surface area contributed by atoms with Gasteiger partial charge in [0.15, 0.2) is 10.9 Å². The van der Waals surface area contributed by atoms with Crippen LogP contribution in [0.5, 0.6) is 0 Å². The summed E-state index contributed by atoms with van der Waals surface area (Å²) in [6, 6.07) is 0. The summed E-state index contributed by atoms with van der Waals surface area (Å²) >= 11 is 0. The van der Waals surface area contributed by atoms with Gasteiger partial charge >= 0.3 is 0 Å². The van der Waals surface area contributed by atoms with E-state index in [-0.39, 0.29) is 22.2 Å². The maximum atomic E-state index is 12.2. The van der Waals surface area contributed by atoms with Crippen LogP contribution in [0.3, 0.4) is 0 Å². The third kappa shape index (κ3) is 2.42. The molecule has 0 radical (unpaired) electrons. The highest BCUT2D eigenvalue weighted by atomic mass is 32.2. The lowest BCUT2D eigenvalue weighted by molar-refractivity contribution is 0.318. The maximum Gasteiger partial charge on any atom is 0.280 e. The van der Waals surface area contributed by atoms with Crippen molar-refractivity contribution in [3.8, 4) is 0 Å². The van der Waals surface area contributed by atoms with Gasteiger partial charge in [-0.2, -0.15) is 13.5 Å². The van der Waals surface area contributed by atoms with Gasteiger partial charge in [-0.15, -0.1) is 0 Å². The molecule has 11 heteroatoms. The highest BCUT2D eigenvalue weighted by Gasteiger charge is 2.22. The van der Waals surface area contributed by atoms with E-state index in [1.807, 2.05) is 0 Å². The fourth-order valence-electron chi connectivity index (χ4n) is 1.52. The van der Waals surface area contributed by atoms with Gasteiger partial charge in [0.25, 0.3) is 10.0 Å². The van der Waals surface area contributed by atoms with Gasteiger partial charge in [0, 0.05) is 7.05 Å². The van der Waals surface area contributed by atoms with Crippen molar-refractivity contribution in [2.75, 3.05) is 4.72 Å². The first-order valence-electron chi connectivity index (χ1n) is 5.39. The first-order chi connectivity index (χ1) is 9.35. The van der Waals surface area contributed by atoms with Crippen molar-refractivity contribution in [2.24, 2.45) is 17.9 Å². The largest absolute Gasteiger partial charge is 0.409 e. The number of aryl methyl sites for hydroxylation is 2. The van der Waals surface area contributed by atoms with Gasteiger partial charge in [0.1, 0.15) is 11.6 Å². The molecule has 5 N–H and O–H groups in total. The van der Waals surface area contributed by atoms with Crippen LogP contribution in [0.4, 0.5) is 5.82 Å². The molecule has 0 saturated carbocycles. The Morgan fingerprint density at radius 1 is 1.55 bits per heavy atom. The molecular formula is C9H13N7O3S. The number of amidine groups is 1. The van der Waals surface area contributed by atoms with E-state index in [4.69, 9.17) is 10.9 Å². The Hall–Kier alpha value is -2.56. The Kier molecular flexibility index (Phi) is 3.36. The molecule has 0 aliphatic rings. The molecule has 2 aromatic rings. The molecule has 2 heterocycles. The van der Waals surface area contributed by atoms with Gasteiger partial charge in [-0.25, -0.2) is 4.98 Å². The van der Waals surface area contributed by atoms with Crippen LogP contribution in [-0.4, -0.2) is 39.2 Å². The van der Waals surface area contributed by atoms with Gasteiger partial charge in [-0.1, -0.05) is 5.16 Å². The van der Waals surface area contributed by atoms with Gasteiger partial charge in [0.2, 0.25) is 0 Å². The molecule has 0 unspecified atom stereocenters. The molecule has 0 amide bonds. The zero-order valence-electron chi connectivity index (χ0n) is 10.7. The molecule has 0 aliphatic carbocycles. The summed E-state index contributed by atoms with van der Waals surface area (Å²) in [6.07, 6.45) is 2.47. The monoisotopic (exact) mass is 299 g/mol. The number of anilines is 1. The van der Waals surface area contributed by atoms with E-state index >= 15 is 0 Å². The Morgan fingerprint density at radius 3 is 2.80 bits per heavy atom. The van der Waals surface area contributed by atoms with Crippen molar-refractivity contribution in [3.05, 3.63) is 23.8 Å². The Morgan fingerprint density at radius 2 is 2.25 bits per heavy atom. The topological polar surface area (TPSA) is 151 Å². The maximum absolute atomic E-state index is 12.2. The predicted octanol–water partition coefficient (Wildman–Crippen LogP) is -0.653. The van der Waals surface area contributed by atoms with Crippen molar-refractivity contribution in [1.82, 2.24) is 19.7 Å². The molecule has 20 heavy (non-hydrogen) atoms. The summed E-state index contributed by atoms with van der Waals surface area (Å²) < 4.78 is 27.9. The lowest BCUT2D eigenvalue weighted by atomic mass is 10.3. The van der Waals surface area contributed by atoms with Crippen LogP contribution in [0.1, 0.15) is 11.4 Å². The second-order valence-corrected chi connectivity index (χ2v) is 5.60. The first-order valence-corrected chi connectivity index (χ1v) is 6.88. The molecule has 0 aliphatic heterocycles. The molecule has 0 aromatic carbocycles. The standard InChI is InChI=1S/C9H13N7O3S/c1-5-11-4-7(13-5)20(18,19)15-9-6(8(10)14-17)3-12-16(9)2/h3-4,15,17H,1-2H3,(H2,10,14)(H,11,13). The molecule has 0 saturated heterocycles. The molecule has 2 rings (SSSR count). The molecule has 108 valence electrons. The van der Waals surface area contributed by atoms with E-state index < -0.39 is 10.0 Å². The van der Waals surface area contributed by atoms with E-state index in [2.05, 4.69) is 24.9 Å². The van der Waals surface area contributed by atoms with Crippen LogP contribution < -0.4 is 10.5 Å². The average Bonchev–Trinajstić information content (AvgIpc) is 2.97. The Labute approximate surface area is 114 Å². The Bertz CT molecular complexity index is 758. The number of imidazole rings is 1. The van der Waals surface area contributed by atoms with Crippen LogP contribution in [0.25, 0.3) is 0 Å². The minimum atomic E-state index is -3.87. The summed E-state index contributed by atoms with van der Waals surface area (Å²) in [5.74, 6) is 0.288. The molecule has 0 bridgehead atoms. The number of H-pyrrole nitrogens is 1. The highest BCUT2D eigenvalue weighted by Crippen LogP contribution is 2.18. The fourth-order valence-corrected chi connectivity index (χ4v) is 2.60. The van der Waals surface area contributed by atoms with E-state index in [0.29, 0.717) is 5.82 Å². The second-order valence-electron chi connectivity index (χ2n) is 3.95. The lowest BCUT2D eigenvalue weighted by Crippen LogP contribution is -2.20. The zero-order valence-corrected chi connectivity index (χ0v) is 11.5. The number of aromatic amines is 1. The minimum absolute atomic E-state index is 0.0764. The predicted molar refractivity (Wildman–Crippen MR) is 69.9 cm³/mol. The van der Waals surface area contributed by atoms with Gasteiger partial charge in [0.05, 0.1) is 18.0 Å². The number of nitrogens with two attached hydrogens (primary N) is 1. The van der Waals surface area contributed by atoms with Gasteiger partial charge in [-0.05, 0) is 6.92 Å². The number of rotatable bonds is 4. The highest BCUT2D eigenvalue weighted by molar-refractivity contribution is 7.92. The third-order valence-electron chi connectivity index (χ3n) is 2.52. The van der Waals surface area contributed by atoms with Gasteiger partial charge in [-0.3, -0.25) is 9.40 Å².